The van der Waals surface area contributed by atoms with E-state index in [4.69, 9.17) is 4.74 Å². The zero-order chi connectivity index (χ0) is 22.8. The Labute approximate surface area is 190 Å². The van der Waals surface area contributed by atoms with Gasteiger partial charge in [0.05, 0.1) is 24.9 Å². The molecule has 0 radical (unpaired) electrons. The van der Waals surface area contributed by atoms with Crippen LogP contribution in [0, 0.1) is 0 Å². The van der Waals surface area contributed by atoms with E-state index >= 15 is 0 Å². The topological polar surface area (TPSA) is 127 Å². The Morgan fingerprint density at radius 2 is 1.97 bits per heavy atom. The third-order valence-electron chi connectivity index (χ3n) is 6.23. The lowest BCUT2D eigenvalue weighted by Crippen LogP contribution is -2.32. The molecule has 9 heteroatoms. The van der Waals surface area contributed by atoms with Crippen LogP contribution < -0.4 is 9.88 Å². The number of aryl methyl sites for hydroxylation is 1. The van der Waals surface area contributed by atoms with Crippen LogP contribution in [0.4, 0.5) is 5.82 Å². The number of imidazole rings is 1. The fraction of sp³-hybridized carbons (Fsp3) is 0.783. The zero-order valence-electron chi connectivity index (χ0n) is 19.2. The van der Waals surface area contributed by atoms with Crippen LogP contribution in [0.15, 0.2) is 12.7 Å². The molecule has 1 aliphatic rings. The maximum atomic E-state index is 10.2. The number of aliphatic hydroxyl groups excluding tert-OH is 3. The Morgan fingerprint density at radius 1 is 1.12 bits per heavy atom. The minimum Gasteiger partial charge on any atom is -0.393 e. The number of aromatic amines is 1. The lowest BCUT2D eigenvalue weighted by Gasteiger charge is -2.24. The summed E-state index contributed by atoms with van der Waals surface area (Å²) >= 11 is 0. The van der Waals surface area contributed by atoms with Crippen LogP contribution in [0.5, 0.6) is 0 Å². The van der Waals surface area contributed by atoms with E-state index in [1.165, 1.54) is 19.3 Å². The van der Waals surface area contributed by atoms with Gasteiger partial charge in [-0.05, 0) is 51.4 Å². The molecular weight excluding hydrogens is 410 g/mol. The molecule has 32 heavy (non-hydrogen) atoms. The maximum Gasteiger partial charge on any atom is 0.307 e. The normalized spacial score (nSPS) is 22.7. The highest BCUT2D eigenvalue weighted by molar-refractivity contribution is 5.79. The number of anilines is 1. The van der Waals surface area contributed by atoms with Crippen molar-refractivity contribution < 1.29 is 24.6 Å². The number of nitrogens with zero attached hydrogens (tertiary/aromatic N) is 3. The van der Waals surface area contributed by atoms with Gasteiger partial charge in [-0.15, -0.1) is 0 Å². The van der Waals surface area contributed by atoms with Crippen molar-refractivity contribution in [3.8, 4) is 0 Å². The number of hydrogen-bond acceptors (Lipinski definition) is 7. The molecule has 9 nitrogen and oxygen atoms in total. The van der Waals surface area contributed by atoms with Gasteiger partial charge >= 0.3 is 5.65 Å². The standard InChI is InChI=1S/C23H39N5O4/c1-2-3-4-7-14-28-16-27-21-22(25-15-26-23(21)28)24-13-6-5-8-20(31)32-19-12-10-17(29)9-11-18(19)30/h15-20,29-31H,2-14H2,1H3,(H,24,25,26)/p+1/t17?,18?,19-,20?/m0/s1. The molecule has 1 aliphatic carbocycles. The second-order valence-corrected chi connectivity index (χ2v) is 8.88. The number of nitrogens with one attached hydrogen (secondary N) is 2. The van der Waals surface area contributed by atoms with Crippen molar-refractivity contribution in [1.82, 2.24) is 15.0 Å². The molecule has 4 atom stereocenters. The molecule has 3 unspecified atom stereocenters. The first-order valence-electron chi connectivity index (χ1n) is 12.2. The third-order valence-corrected chi connectivity index (χ3v) is 6.23. The Morgan fingerprint density at radius 3 is 2.81 bits per heavy atom. The van der Waals surface area contributed by atoms with Gasteiger partial charge in [-0.1, -0.05) is 31.2 Å². The number of hydrogen-bond donors (Lipinski definition) is 5. The summed E-state index contributed by atoms with van der Waals surface area (Å²) < 4.78 is 7.80. The Balaban J connectivity index is 1.38. The summed E-state index contributed by atoms with van der Waals surface area (Å²) in [6.45, 7) is 3.89. The first kappa shape index (κ1) is 24.8. The minimum atomic E-state index is -0.897. The van der Waals surface area contributed by atoms with Gasteiger partial charge in [-0.2, -0.15) is 4.98 Å². The number of unbranched alkanes of at least 4 members (excludes halogenated alkanes) is 4. The largest absolute Gasteiger partial charge is 0.393 e. The SMILES string of the molecule is CCCCCC[n+]1c[nH]c2c(NCCCCC(O)O[C@H]3CCC(O)CCC3O)ncnc21. The Hall–Kier alpha value is -1.81. The van der Waals surface area contributed by atoms with E-state index < -0.39 is 18.5 Å². The minimum absolute atomic E-state index is 0.384. The smallest absolute Gasteiger partial charge is 0.307 e. The average Bonchev–Trinajstić information content (AvgIpc) is 3.14. The van der Waals surface area contributed by atoms with Crippen LogP contribution in [0.3, 0.4) is 0 Å². The molecule has 0 aliphatic heterocycles. The van der Waals surface area contributed by atoms with E-state index in [0.717, 1.165) is 49.3 Å². The summed E-state index contributed by atoms with van der Waals surface area (Å²) in [6, 6.07) is 0. The van der Waals surface area contributed by atoms with E-state index in [1.807, 2.05) is 6.33 Å². The van der Waals surface area contributed by atoms with Gasteiger partial charge in [0.2, 0.25) is 5.52 Å². The van der Waals surface area contributed by atoms with E-state index in [9.17, 15) is 15.3 Å². The summed E-state index contributed by atoms with van der Waals surface area (Å²) in [7, 11) is 0. The first-order chi connectivity index (χ1) is 15.6. The van der Waals surface area contributed by atoms with Gasteiger partial charge in [-0.3, -0.25) is 4.98 Å². The van der Waals surface area contributed by atoms with Crippen molar-refractivity contribution in [2.75, 3.05) is 11.9 Å². The van der Waals surface area contributed by atoms with Gasteiger partial charge in [0.25, 0.3) is 0 Å². The molecule has 0 aromatic carbocycles. The van der Waals surface area contributed by atoms with E-state index in [1.54, 1.807) is 6.33 Å². The van der Waals surface area contributed by atoms with Gasteiger partial charge in [0.15, 0.2) is 24.8 Å². The molecule has 0 spiro atoms. The van der Waals surface area contributed by atoms with Crippen molar-refractivity contribution in [2.24, 2.45) is 0 Å². The van der Waals surface area contributed by atoms with E-state index in [2.05, 4.69) is 31.8 Å². The maximum absolute atomic E-state index is 10.2. The highest BCUT2D eigenvalue weighted by atomic mass is 16.6. The predicted molar refractivity (Wildman–Crippen MR) is 122 cm³/mol. The van der Waals surface area contributed by atoms with Crippen molar-refractivity contribution >= 4 is 17.0 Å². The number of aliphatic hydroxyl groups is 3. The van der Waals surface area contributed by atoms with Crippen LogP contribution in [0.1, 0.15) is 77.6 Å². The van der Waals surface area contributed by atoms with Gasteiger partial charge in [0.1, 0.15) is 0 Å². The third kappa shape index (κ3) is 7.37. The Bertz CT molecular complexity index is 802. The van der Waals surface area contributed by atoms with Crippen molar-refractivity contribution in [3.05, 3.63) is 12.7 Å². The molecule has 1 saturated carbocycles. The quantitative estimate of drug-likeness (QED) is 0.137. The van der Waals surface area contributed by atoms with Crippen molar-refractivity contribution in [1.29, 1.82) is 0 Å². The lowest BCUT2D eigenvalue weighted by atomic mass is 10.1. The summed E-state index contributed by atoms with van der Waals surface area (Å²) in [5.41, 5.74) is 1.82. The predicted octanol–water partition coefficient (Wildman–Crippen LogP) is 2.41. The molecule has 0 bridgehead atoms. The van der Waals surface area contributed by atoms with Crippen molar-refractivity contribution in [3.63, 3.8) is 0 Å². The molecule has 5 N–H and O–H groups in total. The van der Waals surface area contributed by atoms with Crippen LogP contribution in [-0.2, 0) is 11.3 Å². The molecule has 2 heterocycles. The zero-order valence-corrected chi connectivity index (χ0v) is 19.2. The molecule has 180 valence electrons. The molecule has 0 amide bonds. The highest BCUT2D eigenvalue weighted by Gasteiger charge is 2.27. The fourth-order valence-corrected chi connectivity index (χ4v) is 4.27. The number of ether oxygens (including phenoxy) is 1. The van der Waals surface area contributed by atoms with Crippen LogP contribution in [-0.4, -0.2) is 61.4 Å². The molecular formula is C23H40N5O4+. The Kier molecular flexibility index (Phi) is 10.1. The van der Waals surface area contributed by atoms with Crippen LogP contribution >= 0.6 is 0 Å². The second kappa shape index (κ2) is 13.0. The molecule has 0 saturated heterocycles. The molecule has 2 aromatic heterocycles. The van der Waals surface area contributed by atoms with Gasteiger partial charge in [-0.25, -0.2) is 4.57 Å². The lowest BCUT2D eigenvalue weighted by molar-refractivity contribution is -0.673. The van der Waals surface area contributed by atoms with Crippen LogP contribution in [0.2, 0.25) is 0 Å². The number of aromatic nitrogens is 4. The molecule has 2 aromatic rings. The van der Waals surface area contributed by atoms with Gasteiger partial charge < -0.3 is 25.4 Å². The summed E-state index contributed by atoms with van der Waals surface area (Å²) in [5, 5.41) is 33.4. The molecule has 1 fully saturated rings. The monoisotopic (exact) mass is 450 g/mol. The number of fused-ring (bicyclic) bond motifs is 1. The first-order valence-corrected chi connectivity index (χ1v) is 12.2. The van der Waals surface area contributed by atoms with Crippen LogP contribution in [0.25, 0.3) is 11.2 Å². The fourth-order valence-electron chi connectivity index (χ4n) is 4.27. The summed E-state index contributed by atoms with van der Waals surface area (Å²) in [5.74, 6) is 0.791. The second-order valence-electron chi connectivity index (χ2n) is 8.88. The van der Waals surface area contributed by atoms with E-state index in [0.29, 0.717) is 32.1 Å². The number of H-pyrrole nitrogens is 1. The van der Waals surface area contributed by atoms with E-state index in [-0.39, 0.29) is 6.10 Å². The summed E-state index contributed by atoms with van der Waals surface area (Å²) in [6.07, 6.45) is 10.5. The highest BCUT2D eigenvalue weighted by Crippen LogP contribution is 2.23. The van der Waals surface area contributed by atoms with Gasteiger partial charge in [0, 0.05) is 6.54 Å². The summed E-state index contributed by atoms with van der Waals surface area (Å²) in [4.78, 5) is 12.1. The number of rotatable bonds is 13. The molecule has 3 rings (SSSR count). The average molecular weight is 451 g/mol. The van der Waals surface area contributed by atoms with Crippen molar-refractivity contribution in [2.45, 2.75) is 109 Å².